The van der Waals surface area contributed by atoms with E-state index in [9.17, 15) is 9.59 Å². The number of rotatable bonds is 2. The summed E-state index contributed by atoms with van der Waals surface area (Å²) in [6.07, 6.45) is 11.0. The molecule has 0 bridgehead atoms. The SMILES string of the molecule is CC(=O)O[C@@H]1CC[C@@]2(C)[C@@H](CC[C@H]3[C@H]2CC[C@]2(C)[C@H](C(C)=O)CC[C@@H]32)C1. The van der Waals surface area contributed by atoms with Gasteiger partial charge in [0.15, 0.2) is 0 Å². The van der Waals surface area contributed by atoms with Gasteiger partial charge in [-0.15, -0.1) is 0 Å². The van der Waals surface area contributed by atoms with E-state index in [2.05, 4.69) is 13.8 Å². The van der Waals surface area contributed by atoms with Crippen LogP contribution in [0.5, 0.6) is 0 Å². The van der Waals surface area contributed by atoms with Crippen molar-refractivity contribution in [1.29, 1.82) is 0 Å². The van der Waals surface area contributed by atoms with E-state index < -0.39 is 0 Å². The highest BCUT2D eigenvalue weighted by atomic mass is 16.5. The van der Waals surface area contributed by atoms with Crippen molar-refractivity contribution in [3.63, 3.8) is 0 Å². The number of fused-ring (bicyclic) bond motifs is 5. The number of hydrogen-bond acceptors (Lipinski definition) is 3. The highest BCUT2D eigenvalue weighted by Gasteiger charge is 2.60. The minimum atomic E-state index is -0.123. The maximum absolute atomic E-state index is 12.2. The van der Waals surface area contributed by atoms with Gasteiger partial charge < -0.3 is 4.74 Å². The van der Waals surface area contributed by atoms with Crippen LogP contribution in [0, 0.1) is 40.4 Å². The molecule has 0 aromatic rings. The lowest BCUT2D eigenvalue weighted by Crippen LogP contribution is -2.54. The Morgan fingerprint density at radius 2 is 1.54 bits per heavy atom. The summed E-state index contributed by atoms with van der Waals surface area (Å²) in [5, 5.41) is 0. The summed E-state index contributed by atoms with van der Waals surface area (Å²) in [5.41, 5.74) is 0.667. The highest BCUT2D eigenvalue weighted by molar-refractivity contribution is 5.79. The summed E-state index contributed by atoms with van der Waals surface area (Å²) >= 11 is 0. The van der Waals surface area contributed by atoms with Crippen LogP contribution in [0.15, 0.2) is 0 Å². The minimum absolute atomic E-state index is 0.123. The second kappa shape index (κ2) is 6.34. The zero-order valence-corrected chi connectivity index (χ0v) is 17.1. The Morgan fingerprint density at radius 1 is 0.846 bits per heavy atom. The fraction of sp³-hybridized carbons (Fsp3) is 0.913. The average Bonchev–Trinajstić information content (AvgIpc) is 2.92. The molecule has 8 atom stereocenters. The van der Waals surface area contributed by atoms with Crippen LogP contribution in [-0.4, -0.2) is 17.9 Å². The predicted molar refractivity (Wildman–Crippen MR) is 101 cm³/mol. The van der Waals surface area contributed by atoms with E-state index in [1.807, 2.05) is 6.92 Å². The number of hydrogen-bond donors (Lipinski definition) is 0. The molecule has 4 fully saturated rings. The largest absolute Gasteiger partial charge is 0.463 e. The molecule has 26 heavy (non-hydrogen) atoms. The van der Waals surface area contributed by atoms with Gasteiger partial charge in [0.25, 0.3) is 0 Å². The van der Waals surface area contributed by atoms with E-state index in [-0.39, 0.29) is 17.5 Å². The van der Waals surface area contributed by atoms with Crippen molar-refractivity contribution in [2.24, 2.45) is 40.4 Å². The Bertz CT molecular complexity index is 598. The van der Waals surface area contributed by atoms with Crippen LogP contribution < -0.4 is 0 Å². The van der Waals surface area contributed by atoms with Crippen molar-refractivity contribution in [2.45, 2.75) is 91.6 Å². The Labute approximate surface area is 158 Å². The fourth-order valence-corrected chi connectivity index (χ4v) is 8.23. The molecule has 0 aromatic heterocycles. The monoisotopic (exact) mass is 360 g/mol. The maximum Gasteiger partial charge on any atom is 0.302 e. The second-order valence-corrected chi connectivity index (χ2v) is 10.4. The lowest BCUT2D eigenvalue weighted by Gasteiger charge is -2.61. The first kappa shape index (κ1) is 18.5. The first-order chi connectivity index (χ1) is 12.3. The minimum Gasteiger partial charge on any atom is -0.463 e. The van der Waals surface area contributed by atoms with Crippen molar-refractivity contribution in [1.82, 2.24) is 0 Å². The zero-order chi connectivity index (χ0) is 18.7. The third kappa shape index (κ3) is 2.67. The molecular formula is C23H36O3. The van der Waals surface area contributed by atoms with Gasteiger partial charge in [0.2, 0.25) is 0 Å². The number of carbonyl (C=O) groups excluding carboxylic acids is 2. The van der Waals surface area contributed by atoms with Crippen molar-refractivity contribution >= 4 is 11.8 Å². The van der Waals surface area contributed by atoms with Gasteiger partial charge in [-0.1, -0.05) is 13.8 Å². The first-order valence-electron chi connectivity index (χ1n) is 10.9. The number of ether oxygens (including phenoxy) is 1. The number of ketones is 1. The van der Waals surface area contributed by atoms with E-state index in [0.717, 1.165) is 37.0 Å². The van der Waals surface area contributed by atoms with Crippen LogP contribution in [0.25, 0.3) is 0 Å². The fourth-order valence-electron chi connectivity index (χ4n) is 8.23. The first-order valence-corrected chi connectivity index (χ1v) is 10.9. The lowest BCUT2D eigenvalue weighted by molar-refractivity contribution is -0.161. The summed E-state index contributed by atoms with van der Waals surface area (Å²) < 4.78 is 5.57. The van der Waals surface area contributed by atoms with Crippen LogP contribution >= 0.6 is 0 Å². The molecule has 0 N–H and O–H groups in total. The summed E-state index contributed by atoms with van der Waals surface area (Å²) in [7, 11) is 0. The number of Topliss-reactive ketones (excluding diaryl/α,β-unsaturated/α-hetero) is 1. The molecule has 4 aliphatic rings. The molecule has 0 heterocycles. The molecule has 0 aromatic carbocycles. The molecule has 0 amide bonds. The Morgan fingerprint density at radius 3 is 2.23 bits per heavy atom. The van der Waals surface area contributed by atoms with Gasteiger partial charge in [0.1, 0.15) is 11.9 Å². The summed E-state index contributed by atoms with van der Waals surface area (Å²) in [5.74, 6) is 3.68. The number of carbonyl (C=O) groups is 2. The van der Waals surface area contributed by atoms with Crippen molar-refractivity contribution in [2.75, 3.05) is 0 Å². The highest BCUT2D eigenvalue weighted by Crippen LogP contribution is 2.67. The van der Waals surface area contributed by atoms with E-state index in [0.29, 0.717) is 23.0 Å². The van der Waals surface area contributed by atoms with E-state index in [4.69, 9.17) is 4.74 Å². The van der Waals surface area contributed by atoms with Crippen LogP contribution in [0.4, 0.5) is 0 Å². The molecule has 3 nitrogen and oxygen atoms in total. The molecule has 146 valence electrons. The molecule has 0 radical (unpaired) electrons. The average molecular weight is 361 g/mol. The molecule has 4 rings (SSSR count). The topological polar surface area (TPSA) is 43.4 Å². The molecule has 4 aliphatic carbocycles. The van der Waals surface area contributed by atoms with Gasteiger partial charge in [-0.3, -0.25) is 9.59 Å². The van der Waals surface area contributed by atoms with Crippen LogP contribution in [0.1, 0.15) is 85.5 Å². The van der Waals surface area contributed by atoms with Gasteiger partial charge >= 0.3 is 5.97 Å². The molecule has 4 saturated carbocycles. The third-order valence-corrected chi connectivity index (χ3v) is 9.44. The maximum atomic E-state index is 12.2. The van der Waals surface area contributed by atoms with E-state index in [1.165, 1.54) is 45.4 Å². The quantitative estimate of drug-likeness (QED) is 0.638. The Balaban J connectivity index is 1.54. The van der Waals surface area contributed by atoms with Crippen molar-refractivity contribution < 1.29 is 14.3 Å². The van der Waals surface area contributed by atoms with Gasteiger partial charge in [0.05, 0.1) is 0 Å². The Hall–Kier alpha value is -0.860. The third-order valence-electron chi connectivity index (χ3n) is 9.44. The molecule has 0 spiro atoms. The van der Waals surface area contributed by atoms with Crippen LogP contribution in [-0.2, 0) is 14.3 Å². The molecule has 3 heteroatoms. The van der Waals surface area contributed by atoms with Gasteiger partial charge in [-0.25, -0.2) is 0 Å². The smallest absolute Gasteiger partial charge is 0.302 e. The summed E-state index contributed by atoms with van der Waals surface area (Å²) in [6.45, 7) is 8.33. The molecule has 0 unspecified atom stereocenters. The van der Waals surface area contributed by atoms with Gasteiger partial charge in [0, 0.05) is 12.8 Å². The van der Waals surface area contributed by atoms with Gasteiger partial charge in [-0.2, -0.15) is 0 Å². The molecule has 0 saturated heterocycles. The molecular weight excluding hydrogens is 324 g/mol. The summed E-state index contributed by atoms with van der Waals surface area (Å²) in [4.78, 5) is 23.6. The van der Waals surface area contributed by atoms with Crippen molar-refractivity contribution in [3.8, 4) is 0 Å². The Kier molecular flexibility index (Phi) is 4.51. The van der Waals surface area contributed by atoms with Crippen LogP contribution in [0.2, 0.25) is 0 Å². The number of esters is 1. The normalized spacial score (nSPS) is 50.3. The van der Waals surface area contributed by atoms with E-state index in [1.54, 1.807) is 0 Å². The van der Waals surface area contributed by atoms with Crippen molar-refractivity contribution in [3.05, 3.63) is 0 Å². The second-order valence-electron chi connectivity index (χ2n) is 10.4. The van der Waals surface area contributed by atoms with Crippen LogP contribution in [0.3, 0.4) is 0 Å². The zero-order valence-electron chi connectivity index (χ0n) is 17.1. The van der Waals surface area contributed by atoms with Gasteiger partial charge in [-0.05, 0) is 99.2 Å². The standard InChI is InChI=1S/C23H36O3/c1-14(24)19-7-8-20-18-6-5-16-13-17(26-15(2)25)9-11-22(16,3)21(18)10-12-23(19,20)4/h16-21H,5-13H2,1-4H3/t16-,17+,18+,19-,20-,21+,22-,23+/m0/s1. The van der Waals surface area contributed by atoms with E-state index >= 15 is 0 Å². The predicted octanol–water partition coefficient (Wildman–Crippen LogP) is 5.17. The summed E-state index contributed by atoms with van der Waals surface area (Å²) in [6, 6.07) is 0. The lowest BCUT2D eigenvalue weighted by atomic mass is 9.44. The molecule has 0 aliphatic heterocycles.